The Morgan fingerprint density at radius 2 is 2.29 bits per heavy atom. The van der Waals surface area contributed by atoms with Gasteiger partial charge in [-0.3, -0.25) is 0 Å². The number of fused-ring (bicyclic) bond motifs is 2. The second-order valence-electron chi connectivity index (χ2n) is 6.02. The minimum absolute atomic E-state index is 0.245. The Morgan fingerprint density at radius 1 is 1.43 bits per heavy atom. The van der Waals surface area contributed by atoms with Crippen molar-refractivity contribution in [2.75, 3.05) is 11.4 Å². The molecule has 2 aromatic rings. The molecule has 1 aliphatic carbocycles. The van der Waals surface area contributed by atoms with Crippen molar-refractivity contribution in [3.63, 3.8) is 0 Å². The number of aryl methyl sites for hydroxylation is 1. The van der Waals surface area contributed by atoms with Gasteiger partial charge in [0.15, 0.2) is 0 Å². The Bertz CT molecular complexity index is 712. The van der Waals surface area contributed by atoms with Crippen molar-refractivity contribution in [2.24, 2.45) is 11.8 Å². The zero-order valence-electron chi connectivity index (χ0n) is 11.8. The molecule has 1 aliphatic heterocycles. The summed E-state index contributed by atoms with van der Waals surface area (Å²) in [4.78, 5) is 22.2. The molecule has 2 aromatic heterocycles. The van der Waals surface area contributed by atoms with Gasteiger partial charge < -0.3 is 10.0 Å². The maximum Gasteiger partial charge on any atom is 0.326 e. The largest absolute Gasteiger partial charge is 0.480 e. The standard InChI is InChI=1S/C14H17N5O2/c1-8-5-11(19-14(17-8)15-7-16-19)18-6-9-3-2-4-10(9)12(18)13(20)21/h5,7,9-10,12H,2-4,6H2,1H3,(H,20,21). The molecule has 3 unspecified atom stereocenters. The van der Waals surface area contributed by atoms with Gasteiger partial charge in [-0.15, -0.1) is 0 Å². The molecule has 0 bridgehead atoms. The zero-order valence-corrected chi connectivity index (χ0v) is 11.8. The summed E-state index contributed by atoms with van der Waals surface area (Å²) >= 11 is 0. The third-order valence-corrected chi connectivity index (χ3v) is 4.80. The number of carboxylic acid groups (broad SMARTS) is 1. The van der Waals surface area contributed by atoms with Gasteiger partial charge in [-0.1, -0.05) is 6.42 Å². The molecule has 110 valence electrons. The molecule has 0 amide bonds. The maximum absolute atomic E-state index is 11.8. The second kappa shape index (κ2) is 4.41. The van der Waals surface area contributed by atoms with Crippen LogP contribution in [0.4, 0.5) is 5.82 Å². The lowest BCUT2D eigenvalue weighted by atomic mass is 9.94. The summed E-state index contributed by atoms with van der Waals surface area (Å²) in [7, 11) is 0. The molecule has 0 aromatic carbocycles. The minimum atomic E-state index is -0.743. The Kier molecular flexibility index (Phi) is 2.63. The van der Waals surface area contributed by atoms with E-state index >= 15 is 0 Å². The molecular weight excluding hydrogens is 270 g/mol. The zero-order chi connectivity index (χ0) is 14.6. The predicted octanol–water partition coefficient (Wildman–Crippen LogP) is 1.12. The van der Waals surface area contributed by atoms with E-state index in [1.54, 1.807) is 4.52 Å². The van der Waals surface area contributed by atoms with Crippen LogP contribution in [-0.4, -0.2) is 43.2 Å². The van der Waals surface area contributed by atoms with E-state index in [4.69, 9.17) is 0 Å². The fourth-order valence-corrected chi connectivity index (χ4v) is 3.97. The average molecular weight is 287 g/mol. The molecule has 21 heavy (non-hydrogen) atoms. The highest BCUT2D eigenvalue weighted by atomic mass is 16.4. The van der Waals surface area contributed by atoms with Crippen LogP contribution in [0.25, 0.3) is 5.78 Å². The average Bonchev–Trinajstić information content (AvgIpc) is 3.10. The Morgan fingerprint density at radius 3 is 3.10 bits per heavy atom. The number of aromatic nitrogens is 4. The number of rotatable bonds is 2. The van der Waals surface area contributed by atoms with Crippen molar-refractivity contribution in [3.8, 4) is 0 Å². The van der Waals surface area contributed by atoms with Gasteiger partial charge in [0.25, 0.3) is 5.78 Å². The first-order chi connectivity index (χ1) is 10.1. The van der Waals surface area contributed by atoms with E-state index < -0.39 is 12.0 Å². The molecule has 2 fully saturated rings. The van der Waals surface area contributed by atoms with Crippen molar-refractivity contribution in [1.82, 2.24) is 19.6 Å². The third-order valence-electron chi connectivity index (χ3n) is 4.80. The SMILES string of the molecule is Cc1cc(N2CC3CCCC3C2C(=O)O)n2ncnc2n1. The number of anilines is 1. The van der Waals surface area contributed by atoms with Crippen LogP contribution in [0.3, 0.4) is 0 Å². The highest BCUT2D eigenvalue weighted by molar-refractivity contribution is 5.79. The first kappa shape index (κ1) is 12.6. The van der Waals surface area contributed by atoms with Crippen LogP contribution in [0.2, 0.25) is 0 Å². The number of hydrogen-bond acceptors (Lipinski definition) is 5. The van der Waals surface area contributed by atoms with Crippen molar-refractivity contribution >= 4 is 17.6 Å². The summed E-state index contributed by atoms with van der Waals surface area (Å²) in [5, 5.41) is 13.9. The Labute approximate surface area is 121 Å². The molecular formula is C14H17N5O2. The van der Waals surface area contributed by atoms with Crippen LogP contribution in [0.5, 0.6) is 0 Å². The molecule has 1 N–H and O–H groups in total. The lowest BCUT2D eigenvalue weighted by molar-refractivity contribution is -0.139. The summed E-state index contributed by atoms with van der Waals surface area (Å²) in [5.41, 5.74) is 0.826. The monoisotopic (exact) mass is 287 g/mol. The van der Waals surface area contributed by atoms with Gasteiger partial charge in [-0.2, -0.15) is 14.6 Å². The van der Waals surface area contributed by atoms with E-state index in [1.165, 1.54) is 6.33 Å². The van der Waals surface area contributed by atoms with E-state index in [2.05, 4.69) is 15.1 Å². The smallest absolute Gasteiger partial charge is 0.326 e. The summed E-state index contributed by atoms with van der Waals surface area (Å²) in [6.07, 6.45) is 4.72. The van der Waals surface area contributed by atoms with Gasteiger partial charge in [0, 0.05) is 18.3 Å². The number of carboxylic acids is 1. The lowest BCUT2D eigenvalue weighted by Gasteiger charge is -2.26. The van der Waals surface area contributed by atoms with Crippen LogP contribution >= 0.6 is 0 Å². The predicted molar refractivity (Wildman–Crippen MR) is 75.1 cm³/mol. The van der Waals surface area contributed by atoms with Gasteiger partial charge in [0.1, 0.15) is 18.2 Å². The Hall–Kier alpha value is -2.18. The van der Waals surface area contributed by atoms with Gasteiger partial charge in [0.2, 0.25) is 0 Å². The number of aliphatic carboxylic acids is 1. The molecule has 1 saturated heterocycles. The van der Waals surface area contributed by atoms with Crippen molar-refractivity contribution in [1.29, 1.82) is 0 Å². The molecule has 0 spiro atoms. The first-order valence-electron chi connectivity index (χ1n) is 7.32. The van der Waals surface area contributed by atoms with Gasteiger partial charge in [0.05, 0.1) is 0 Å². The molecule has 0 radical (unpaired) electrons. The van der Waals surface area contributed by atoms with Gasteiger partial charge >= 0.3 is 5.97 Å². The normalized spacial score (nSPS) is 28.2. The van der Waals surface area contributed by atoms with E-state index in [0.717, 1.165) is 37.3 Å². The van der Waals surface area contributed by atoms with E-state index in [1.807, 2.05) is 17.9 Å². The van der Waals surface area contributed by atoms with Crippen molar-refractivity contribution < 1.29 is 9.90 Å². The molecule has 3 atom stereocenters. The highest BCUT2D eigenvalue weighted by Crippen LogP contribution is 2.43. The van der Waals surface area contributed by atoms with Crippen LogP contribution in [0.1, 0.15) is 25.0 Å². The topological polar surface area (TPSA) is 83.6 Å². The van der Waals surface area contributed by atoms with E-state index in [9.17, 15) is 9.90 Å². The molecule has 4 rings (SSSR count). The fraction of sp³-hybridized carbons (Fsp3) is 0.571. The minimum Gasteiger partial charge on any atom is -0.480 e. The quantitative estimate of drug-likeness (QED) is 0.891. The first-order valence-corrected chi connectivity index (χ1v) is 7.32. The lowest BCUT2D eigenvalue weighted by Crippen LogP contribution is -2.40. The van der Waals surface area contributed by atoms with Crippen LogP contribution in [0, 0.1) is 18.8 Å². The number of carbonyl (C=O) groups is 1. The number of nitrogens with zero attached hydrogens (tertiary/aromatic N) is 5. The van der Waals surface area contributed by atoms with Gasteiger partial charge in [-0.25, -0.2) is 9.78 Å². The Balaban J connectivity index is 1.84. The summed E-state index contributed by atoms with van der Waals surface area (Å²) < 4.78 is 1.64. The van der Waals surface area contributed by atoms with Crippen LogP contribution in [-0.2, 0) is 4.79 Å². The van der Waals surface area contributed by atoms with E-state index in [-0.39, 0.29) is 5.92 Å². The molecule has 2 aliphatic rings. The second-order valence-corrected chi connectivity index (χ2v) is 6.02. The van der Waals surface area contributed by atoms with Crippen LogP contribution in [0.15, 0.2) is 12.4 Å². The molecule has 3 heterocycles. The summed E-state index contributed by atoms with van der Waals surface area (Å²) in [6, 6.07) is 1.44. The molecule has 1 saturated carbocycles. The summed E-state index contributed by atoms with van der Waals surface area (Å²) in [5.74, 6) is 1.28. The molecule has 7 heteroatoms. The third kappa shape index (κ3) is 1.80. The van der Waals surface area contributed by atoms with Gasteiger partial charge in [-0.05, 0) is 31.6 Å². The van der Waals surface area contributed by atoms with E-state index in [0.29, 0.717) is 11.7 Å². The van der Waals surface area contributed by atoms with Crippen LogP contribution < -0.4 is 4.90 Å². The summed E-state index contributed by atoms with van der Waals surface area (Å²) in [6.45, 7) is 2.67. The fourth-order valence-electron chi connectivity index (χ4n) is 3.97. The number of hydrogen-bond donors (Lipinski definition) is 1. The highest BCUT2D eigenvalue weighted by Gasteiger charge is 2.48. The molecule has 7 nitrogen and oxygen atoms in total. The maximum atomic E-state index is 11.8. The van der Waals surface area contributed by atoms with Crippen molar-refractivity contribution in [3.05, 3.63) is 18.1 Å². The van der Waals surface area contributed by atoms with Crippen molar-refractivity contribution in [2.45, 2.75) is 32.2 Å².